The fourth-order valence-corrected chi connectivity index (χ4v) is 3.52. The zero-order valence-electron chi connectivity index (χ0n) is 15.6. The van der Waals surface area contributed by atoms with Crippen LogP contribution in [0.4, 0.5) is 0 Å². The zero-order valence-corrected chi connectivity index (χ0v) is 17.2. The summed E-state index contributed by atoms with van der Waals surface area (Å²) < 4.78 is 22.0. The molecule has 0 bridgehead atoms. The number of halogens is 1. The predicted molar refractivity (Wildman–Crippen MR) is 109 cm³/mol. The Morgan fingerprint density at radius 1 is 1.04 bits per heavy atom. The lowest BCUT2D eigenvalue weighted by atomic mass is 10.0. The van der Waals surface area contributed by atoms with E-state index in [1.54, 1.807) is 12.1 Å². The second-order valence-electron chi connectivity index (χ2n) is 5.89. The Balaban J connectivity index is 2.22. The molecule has 0 fully saturated rings. The van der Waals surface area contributed by atoms with E-state index in [2.05, 4.69) is 15.9 Å². The molecule has 0 atom stereocenters. The highest BCUT2D eigenvalue weighted by molar-refractivity contribution is 9.10. The van der Waals surface area contributed by atoms with Gasteiger partial charge in [-0.25, -0.2) is 4.79 Å². The Hall–Kier alpha value is -2.93. The molecule has 0 radical (unpaired) electrons. The Labute approximate surface area is 170 Å². The second-order valence-corrected chi connectivity index (χ2v) is 6.68. The van der Waals surface area contributed by atoms with Crippen molar-refractivity contribution in [3.63, 3.8) is 0 Å². The third-order valence-corrected chi connectivity index (χ3v) is 5.10. The molecule has 0 aliphatic carbocycles. The van der Waals surface area contributed by atoms with Crippen LogP contribution in [0, 0.1) is 0 Å². The minimum Gasteiger partial charge on any atom is -0.504 e. The van der Waals surface area contributed by atoms with Gasteiger partial charge in [0.25, 0.3) is 0 Å². The van der Waals surface area contributed by atoms with Crippen LogP contribution in [-0.2, 0) is 11.3 Å². The molecule has 3 rings (SSSR count). The van der Waals surface area contributed by atoms with E-state index in [1.165, 1.54) is 21.3 Å². The number of phenols is 1. The minimum atomic E-state index is -0.629. The lowest BCUT2D eigenvalue weighted by molar-refractivity contribution is 0.0596. The van der Waals surface area contributed by atoms with E-state index in [0.717, 1.165) is 5.56 Å². The molecule has 0 aromatic heterocycles. The Bertz CT molecular complexity index is 1020. The molecule has 0 heterocycles. The van der Waals surface area contributed by atoms with E-state index in [9.17, 15) is 9.90 Å². The van der Waals surface area contributed by atoms with Crippen molar-refractivity contribution in [3.05, 3.63) is 58.1 Å². The van der Waals surface area contributed by atoms with Crippen LogP contribution in [0.2, 0.25) is 0 Å². The number of methoxy groups -OCH3 is 3. The number of rotatable bonds is 6. The van der Waals surface area contributed by atoms with Crippen LogP contribution in [0.15, 0.2) is 46.9 Å². The summed E-state index contributed by atoms with van der Waals surface area (Å²) in [5, 5.41) is 11.8. The van der Waals surface area contributed by atoms with E-state index in [0.29, 0.717) is 33.4 Å². The van der Waals surface area contributed by atoms with Crippen LogP contribution >= 0.6 is 15.9 Å². The van der Waals surface area contributed by atoms with Gasteiger partial charge in [0.1, 0.15) is 23.7 Å². The van der Waals surface area contributed by atoms with Gasteiger partial charge in [0.15, 0.2) is 11.5 Å². The molecule has 0 aliphatic rings. The van der Waals surface area contributed by atoms with Crippen LogP contribution in [-0.4, -0.2) is 32.4 Å². The van der Waals surface area contributed by atoms with Crippen LogP contribution in [0.25, 0.3) is 10.8 Å². The maximum absolute atomic E-state index is 12.2. The average molecular weight is 447 g/mol. The third-order valence-electron chi connectivity index (χ3n) is 4.28. The fourth-order valence-electron chi connectivity index (χ4n) is 2.93. The summed E-state index contributed by atoms with van der Waals surface area (Å²) >= 11 is 3.47. The number of carbonyl (C=O) groups excluding carboxylic acids is 1. The number of hydrogen-bond acceptors (Lipinski definition) is 6. The highest BCUT2D eigenvalue weighted by Gasteiger charge is 2.25. The minimum absolute atomic E-state index is 0.0148. The molecule has 1 N–H and O–H groups in total. The number of ether oxygens (including phenoxy) is 4. The predicted octanol–water partition coefficient (Wildman–Crippen LogP) is 4.69. The Kier molecular flexibility index (Phi) is 5.94. The Morgan fingerprint density at radius 2 is 1.75 bits per heavy atom. The van der Waals surface area contributed by atoms with Crippen molar-refractivity contribution < 1.29 is 28.8 Å². The summed E-state index contributed by atoms with van der Waals surface area (Å²) in [5.41, 5.74) is 1.06. The first-order chi connectivity index (χ1) is 13.5. The maximum atomic E-state index is 12.2. The molecule has 3 aromatic carbocycles. The van der Waals surface area contributed by atoms with Gasteiger partial charge >= 0.3 is 5.97 Å². The van der Waals surface area contributed by atoms with E-state index < -0.39 is 5.97 Å². The topological polar surface area (TPSA) is 74.2 Å². The van der Waals surface area contributed by atoms with Crippen LogP contribution in [0.3, 0.4) is 0 Å². The van der Waals surface area contributed by atoms with Gasteiger partial charge in [-0.3, -0.25) is 0 Å². The third kappa shape index (κ3) is 3.57. The molecule has 0 saturated heterocycles. The van der Waals surface area contributed by atoms with E-state index in [4.69, 9.17) is 18.9 Å². The first-order valence-corrected chi connectivity index (χ1v) is 9.16. The molecule has 0 saturated carbocycles. The number of benzene rings is 3. The van der Waals surface area contributed by atoms with Gasteiger partial charge in [0.2, 0.25) is 0 Å². The van der Waals surface area contributed by atoms with Crippen molar-refractivity contribution >= 4 is 32.7 Å². The number of aromatic hydroxyl groups is 1. The molecule has 0 aliphatic heterocycles. The van der Waals surface area contributed by atoms with E-state index in [1.807, 2.05) is 30.3 Å². The van der Waals surface area contributed by atoms with E-state index in [-0.39, 0.29) is 17.1 Å². The quantitative estimate of drug-likeness (QED) is 0.553. The van der Waals surface area contributed by atoms with Gasteiger partial charge in [0, 0.05) is 11.5 Å². The van der Waals surface area contributed by atoms with Gasteiger partial charge in [0.05, 0.1) is 31.2 Å². The molecule has 0 spiro atoms. The van der Waals surface area contributed by atoms with Crippen molar-refractivity contribution in [2.75, 3.05) is 21.3 Å². The highest BCUT2D eigenvalue weighted by Crippen LogP contribution is 2.48. The van der Waals surface area contributed by atoms with Crippen molar-refractivity contribution in [1.82, 2.24) is 0 Å². The Morgan fingerprint density at radius 3 is 2.36 bits per heavy atom. The van der Waals surface area contributed by atoms with Crippen molar-refractivity contribution in [1.29, 1.82) is 0 Å². The molecule has 3 aromatic rings. The van der Waals surface area contributed by atoms with Gasteiger partial charge in [-0.15, -0.1) is 0 Å². The van der Waals surface area contributed by atoms with Gasteiger partial charge in [-0.2, -0.15) is 0 Å². The number of hydrogen-bond donors (Lipinski definition) is 1. The molecule has 146 valence electrons. The van der Waals surface area contributed by atoms with Gasteiger partial charge in [-0.05, 0) is 27.6 Å². The largest absolute Gasteiger partial charge is 0.504 e. The first kappa shape index (κ1) is 19.8. The standard InChI is InChI=1S/C21H19BrO6/c1-25-16-10-15(28-11-12-7-5-4-6-8-12)17-13(18(16)22)9-14(21(24)27-3)20(26-2)19(17)23/h4-10,23H,11H2,1-3H3. The molecule has 6 nitrogen and oxygen atoms in total. The first-order valence-electron chi connectivity index (χ1n) is 8.37. The van der Waals surface area contributed by atoms with Crippen LogP contribution in [0.5, 0.6) is 23.0 Å². The SMILES string of the molecule is COC(=O)c1cc2c(Br)c(OC)cc(OCc3ccccc3)c2c(O)c1OC. The van der Waals surface area contributed by atoms with Gasteiger partial charge in [-0.1, -0.05) is 30.3 Å². The molecule has 0 unspecified atom stereocenters. The number of phenolic OH excluding ortho intramolecular Hbond substituents is 1. The average Bonchev–Trinajstić information content (AvgIpc) is 2.73. The fraction of sp³-hybridized carbons (Fsp3) is 0.190. The number of fused-ring (bicyclic) bond motifs is 1. The zero-order chi connectivity index (χ0) is 20.3. The molecule has 0 amide bonds. The number of esters is 1. The van der Waals surface area contributed by atoms with Crippen molar-refractivity contribution in [3.8, 4) is 23.0 Å². The maximum Gasteiger partial charge on any atom is 0.341 e. The summed E-state index contributed by atoms with van der Waals surface area (Å²) in [6.07, 6.45) is 0. The van der Waals surface area contributed by atoms with E-state index >= 15 is 0 Å². The lowest BCUT2D eigenvalue weighted by Gasteiger charge is -2.18. The summed E-state index contributed by atoms with van der Waals surface area (Å²) in [6.45, 7) is 0.293. The smallest absolute Gasteiger partial charge is 0.341 e. The van der Waals surface area contributed by atoms with Crippen molar-refractivity contribution in [2.45, 2.75) is 6.61 Å². The molecular formula is C21H19BrO6. The molecule has 7 heteroatoms. The normalized spacial score (nSPS) is 10.6. The summed E-state index contributed by atoms with van der Waals surface area (Å²) in [7, 11) is 4.16. The van der Waals surface area contributed by atoms with Crippen LogP contribution < -0.4 is 14.2 Å². The molecular weight excluding hydrogens is 428 g/mol. The summed E-state index contributed by atoms with van der Waals surface area (Å²) in [5.74, 6) is 0.0605. The number of carbonyl (C=O) groups is 1. The van der Waals surface area contributed by atoms with Crippen LogP contribution in [0.1, 0.15) is 15.9 Å². The van der Waals surface area contributed by atoms with Crippen molar-refractivity contribution in [2.24, 2.45) is 0 Å². The summed E-state index contributed by atoms with van der Waals surface area (Å²) in [6, 6.07) is 12.9. The molecule has 28 heavy (non-hydrogen) atoms. The monoisotopic (exact) mass is 446 g/mol. The van der Waals surface area contributed by atoms with Gasteiger partial charge < -0.3 is 24.1 Å². The summed E-state index contributed by atoms with van der Waals surface area (Å²) in [4.78, 5) is 12.2. The highest BCUT2D eigenvalue weighted by atomic mass is 79.9. The second kappa shape index (κ2) is 8.39. The lowest BCUT2D eigenvalue weighted by Crippen LogP contribution is -2.05.